The second kappa shape index (κ2) is 10.3. The van der Waals surface area contributed by atoms with Crippen LogP contribution in [0, 0.1) is 13.8 Å². The van der Waals surface area contributed by atoms with Crippen molar-refractivity contribution in [1.82, 2.24) is 0 Å². The number of hydrogen-bond acceptors (Lipinski definition) is 6. The number of methoxy groups -OCH3 is 2. The molecule has 150 valence electrons. The number of benzene rings is 2. The fourth-order valence-corrected chi connectivity index (χ4v) is 2.80. The van der Waals surface area contributed by atoms with Gasteiger partial charge in [0.2, 0.25) is 0 Å². The van der Waals surface area contributed by atoms with E-state index >= 15 is 0 Å². The monoisotopic (exact) mass is 386 g/mol. The van der Waals surface area contributed by atoms with Crippen molar-refractivity contribution in [3.8, 4) is 23.0 Å². The van der Waals surface area contributed by atoms with Crippen LogP contribution in [-0.4, -0.2) is 40.0 Å². The average Bonchev–Trinajstić information content (AvgIpc) is 2.70. The van der Waals surface area contributed by atoms with Gasteiger partial charge in [-0.1, -0.05) is 0 Å². The van der Waals surface area contributed by atoms with Crippen LogP contribution < -0.4 is 18.9 Å². The summed E-state index contributed by atoms with van der Waals surface area (Å²) >= 11 is 0. The van der Waals surface area contributed by atoms with E-state index in [0.29, 0.717) is 47.3 Å². The Labute approximate surface area is 165 Å². The molecule has 0 unspecified atom stereocenters. The Kier molecular flexibility index (Phi) is 7.87. The predicted molar refractivity (Wildman–Crippen MR) is 106 cm³/mol. The number of unbranched alkanes of at least 4 members (excludes halogenated alkanes) is 1. The molecule has 0 bridgehead atoms. The van der Waals surface area contributed by atoms with E-state index < -0.39 is 0 Å². The molecule has 0 radical (unpaired) electrons. The molecule has 0 aromatic heterocycles. The Bertz CT molecular complexity index is 759. The number of rotatable bonds is 11. The molecule has 28 heavy (non-hydrogen) atoms. The Morgan fingerprint density at radius 3 is 1.39 bits per heavy atom. The SMILES string of the molecule is COc1cc(C=O)c(OCCCCOc2cc(C)c(OC)cc2C=O)cc1C. The fourth-order valence-electron chi connectivity index (χ4n) is 2.80. The van der Waals surface area contributed by atoms with Gasteiger partial charge < -0.3 is 18.9 Å². The smallest absolute Gasteiger partial charge is 0.153 e. The van der Waals surface area contributed by atoms with Gasteiger partial charge in [-0.05, 0) is 62.1 Å². The first-order chi connectivity index (χ1) is 13.5. The molecule has 0 fully saturated rings. The molecule has 6 heteroatoms. The largest absolute Gasteiger partial charge is 0.496 e. The lowest BCUT2D eigenvalue weighted by atomic mass is 10.1. The van der Waals surface area contributed by atoms with E-state index in [1.165, 1.54) is 0 Å². The Balaban J connectivity index is 1.85. The molecular formula is C22H26O6. The molecule has 2 rings (SSSR count). The third-order valence-electron chi connectivity index (χ3n) is 4.36. The van der Waals surface area contributed by atoms with Crippen molar-refractivity contribution < 1.29 is 28.5 Å². The summed E-state index contributed by atoms with van der Waals surface area (Å²) in [6, 6.07) is 6.95. The van der Waals surface area contributed by atoms with Gasteiger partial charge in [0.25, 0.3) is 0 Å². The summed E-state index contributed by atoms with van der Waals surface area (Å²) in [6.07, 6.45) is 3.00. The summed E-state index contributed by atoms with van der Waals surface area (Å²) in [5, 5.41) is 0. The highest BCUT2D eigenvalue weighted by Gasteiger charge is 2.10. The highest BCUT2D eigenvalue weighted by atomic mass is 16.5. The third-order valence-corrected chi connectivity index (χ3v) is 4.36. The number of ether oxygens (including phenoxy) is 4. The van der Waals surface area contributed by atoms with Crippen LogP contribution in [0.5, 0.6) is 23.0 Å². The first-order valence-corrected chi connectivity index (χ1v) is 9.07. The zero-order chi connectivity index (χ0) is 20.5. The van der Waals surface area contributed by atoms with Crippen molar-refractivity contribution in [2.45, 2.75) is 26.7 Å². The standard InChI is InChI=1S/C22H26O6/c1-15-9-21(17(13-23)11-19(15)25-3)27-7-5-6-8-28-22-10-16(2)20(26-4)12-18(22)14-24/h9-14H,5-8H2,1-4H3. The van der Waals surface area contributed by atoms with Gasteiger partial charge in [-0.25, -0.2) is 0 Å². The lowest BCUT2D eigenvalue weighted by molar-refractivity contribution is 0.111. The van der Waals surface area contributed by atoms with Crippen molar-refractivity contribution in [3.05, 3.63) is 46.5 Å². The zero-order valence-corrected chi connectivity index (χ0v) is 16.7. The van der Waals surface area contributed by atoms with Gasteiger partial charge in [-0.2, -0.15) is 0 Å². The van der Waals surface area contributed by atoms with Gasteiger partial charge in [0.05, 0.1) is 38.6 Å². The van der Waals surface area contributed by atoms with Crippen LogP contribution in [0.15, 0.2) is 24.3 Å². The number of aryl methyl sites for hydroxylation is 2. The van der Waals surface area contributed by atoms with Gasteiger partial charge in [0, 0.05) is 0 Å². The number of aldehydes is 2. The minimum atomic E-state index is 0.456. The molecule has 2 aromatic rings. The van der Waals surface area contributed by atoms with E-state index in [1.807, 2.05) is 13.8 Å². The molecule has 2 aromatic carbocycles. The minimum absolute atomic E-state index is 0.456. The van der Waals surface area contributed by atoms with E-state index in [9.17, 15) is 9.59 Å². The summed E-state index contributed by atoms with van der Waals surface area (Å²) < 4.78 is 21.9. The van der Waals surface area contributed by atoms with Gasteiger partial charge in [-0.3, -0.25) is 9.59 Å². The van der Waals surface area contributed by atoms with E-state index in [1.54, 1.807) is 38.5 Å². The maximum absolute atomic E-state index is 11.2. The fraction of sp³-hybridized carbons (Fsp3) is 0.364. The van der Waals surface area contributed by atoms with Crippen molar-refractivity contribution in [1.29, 1.82) is 0 Å². The number of carbonyl (C=O) groups excluding carboxylic acids is 2. The number of hydrogen-bond donors (Lipinski definition) is 0. The lowest BCUT2D eigenvalue weighted by Gasteiger charge is -2.13. The summed E-state index contributed by atoms with van der Waals surface area (Å²) in [6.45, 7) is 4.71. The van der Waals surface area contributed by atoms with E-state index in [0.717, 1.165) is 36.5 Å². The van der Waals surface area contributed by atoms with Crippen LogP contribution in [0.3, 0.4) is 0 Å². The second-order valence-electron chi connectivity index (χ2n) is 6.36. The lowest BCUT2D eigenvalue weighted by Crippen LogP contribution is -2.05. The average molecular weight is 386 g/mol. The molecule has 0 aliphatic heterocycles. The van der Waals surface area contributed by atoms with Crippen LogP contribution >= 0.6 is 0 Å². The van der Waals surface area contributed by atoms with Crippen molar-refractivity contribution in [3.63, 3.8) is 0 Å². The van der Waals surface area contributed by atoms with Gasteiger partial charge in [0.15, 0.2) is 12.6 Å². The Hall–Kier alpha value is -3.02. The molecule has 0 N–H and O–H groups in total. The van der Waals surface area contributed by atoms with Gasteiger partial charge in [-0.15, -0.1) is 0 Å². The molecule has 0 amide bonds. The highest BCUT2D eigenvalue weighted by molar-refractivity contribution is 5.81. The molecule has 0 saturated heterocycles. The van der Waals surface area contributed by atoms with Crippen LogP contribution in [0.1, 0.15) is 44.7 Å². The molecule has 0 aliphatic rings. The quantitative estimate of drug-likeness (QED) is 0.426. The van der Waals surface area contributed by atoms with Crippen molar-refractivity contribution in [2.24, 2.45) is 0 Å². The van der Waals surface area contributed by atoms with Crippen LogP contribution in [0.25, 0.3) is 0 Å². The molecular weight excluding hydrogens is 360 g/mol. The molecule has 0 saturated carbocycles. The first kappa shape index (κ1) is 21.3. The highest BCUT2D eigenvalue weighted by Crippen LogP contribution is 2.28. The summed E-state index contributed by atoms with van der Waals surface area (Å²) in [7, 11) is 3.13. The van der Waals surface area contributed by atoms with Gasteiger partial charge >= 0.3 is 0 Å². The first-order valence-electron chi connectivity index (χ1n) is 9.07. The minimum Gasteiger partial charge on any atom is -0.496 e. The zero-order valence-electron chi connectivity index (χ0n) is 16.7. The summed E-state index contributed by atoms with van der Waals surface area (Å²) in [4.78, 5) is 22.5. The normalized spacial score (nSPS) is 10.3. The Morgan fingerprint density at radius 1 is 0.679 bits per heavy atom. The second-order valence-corrected chi connectivity index (χ2v) is 6.36. The van der Waals surface area contributed by atoms with Crippen molar-refractivity contribution in [2.75, 3.05) is 27.4 Å². The number of carbonyl (C=O) groups is 2. The molecule has 0 heterocycles. The Morgan fingerprint density at radius 2 is 1.07 bits per heavy atom. The topological polar surface area (TPSA) is 71.1 Å². The van der Waals surface area contributed by atoms with Crippen LogP contribution in [-0.2, 0) is 0 Å². The maximum atomic E-state index is 11.2. The molecule has 6 nitrogen and oxygen atoms in total. The molecule has 0 spiro atoms. The third kappa shape index (κ3) is 5.25. The van der Waals surface area contributed by atoms with Gasteiger partial charge in [0.1, 0.15) is 23.0 Å². The maximum Gasteiger partial charge on any atom is 0.153 e. The summed E-state index contributed by atoms with van der Waals surface area (Å²) in [5.41, 5.74) is 2.73. The molecule has 0 aliphatic carbocycles. The van der Waals surface area contributed by atoms with E-state index in [4.69, 9.17) is 18.9 Å². The molecule has 0 atom stereocenters. The van der Waals surface area contributed by atoms with E-state index in [2.05, 4.69) is 0 Å². The van der Waals surface area contributed by atoms with Crippen LogP contribution in [0.4, 0.5) is 0 Å². The van der Waals surface area contributed by atoms with Crippen molar-refractivity contribution >= 4 is 12.6 Å². The summed E-state index contributed by atoms with van der Waals surface area (Å²) in [5.74, 6) is 2.40. The van der Waals surface area contributed by atoms with Crippen LogP contribution in [0.2, 0.25) is 0 Å². The van der Waals surface area contributed by atoms with E-state index in [-0.39, 0.29) is 0 Å². The predicted octanol–water partition coefficient (Wildman–Crippen LogP) is 4.18.